The van der Waals surface area contributed by atoms with Crippen molar-refractivity contribution < 1.29 is 26.3 Å². The average molecular weight is 596 g/mol. The van der Waals surface area contributed by atoms with Crippen molar-refractivity contribution in [3.8, 4) is 55.9 Å². The lowest BCUT2D eigenvalue weighted by molar-refractivity contribution is -0.138. The van der Waals surface area contributed by atoms with Gasteiger partial charge in [-0.25, -0.2) is 4.98 Å². The molecule has 44 heavy (non-hydrogen) atoms. The van der Waals surface area contributed by atoms with Crippen LogP contribution in [0.4, 0.5) is 26.3 Å². The highest BCUT2D eigenvalue weighted by Gasteiger charge is 2.32. The standard InChI is InChI=1S/C37H23F6N/c38-36(39,40)29-20-16-25(17-21-29)31-32(24-10-4-1-5-11-24)34(27-12-6-2-7-13-27)44-35(28-14-8-3-9-15-28)33(31)26-18-22-30(23-19-26)37(41,42)43/h1-23H. The summed E-state index contributed by atoms with van der Waals surface area (Å²) in [5.74, 6) is 0. The Bertz CT molecular complexity index is 1880. The first-order chi connectivity index (χ1) is 21.1. The number of benzene rings is 5. The van der Waals surface area contributed by atoms with Crippen LogP contribution in [0.3, 0.4) is 0 Å². The molecule has 1 nitrogen and oxygen atoms in total. The van der Waals surface area contributed by atoms with E-state index >= 15 is 0 Å². The molecule has 0 atom stereocenters. The van der Waals surface area contributed by atoms with E-state index in [-0.39, 0.29) is 0 Å². The lowest BCUT2D eigenvalue weighted by Crippen LogP contribution is -2.06. The Morgan fingerprint density at radius 1 is 0.318 bits per heavy atom. The van der Waals surface area contributed by atoms with Crippen LogP contribution in [0.25, 0.3) is 55.9 Å². The van der Waals surface area contributed by atoms with Gasteiger partial charge in [-0.1, -0.05) is 115 Å². The summed E-state index contributed by atoms with van der Waals surface area (Å²) in [4.78, 5) is 5.18. The number of halogens is 6. The fourth-order valence-corrected chi connectivity index (χ4v) is 5.30. The zero-order valence-electron chi connectivity index (χ0n) is 23.0. The third-order valence-electron chi connectivity index (χ3n) is 7.36. The van der Waals surface area contributed by atoms with Gasteiger partial charge in [0.25, 0.3) is 0 Å². The molecule has 0 saturated heterocycles. The second-order valence-corrected chi connectivity index (χ2v) is 10.2. The minimum absolute atomic E-state index is 0.441. The van der Waals surface area contributed by atoms with Crippen LogP contribution in [0.5, 0.6) is 0 Å². The maximum atomic E-state index is 13.6. The molecule has 0 aliphatic heterocycles. The molecule has 1 heterocycles. The Balaban J connectivity index is 1.79. The van der Waals surface area contributed by atoms with E-state index in [4.69, 9.17) is 4.98 Å². The van der Waals surface area contributed by atoms with Gasteiger partial charge in [0.2, 0.25) is 0 Å². The van der Waals surface area contributed by atoms with Crippen molar-refractivity contribution in [1.82, 2.24) is 4.98 Å². The Morgan fingerprint density at radius 2 is 0.614 bits per heavy atom. The quantitative estimate of drug-likeness (QED) is 0.181. The number of alkyl halides is 6. The highest BCUT2D eigenvalue weighted by Crippen LogP contribution is 2.49. The number of hydrogen-bond acceptors (Lipinski definition) is 1. The molecule has 0 amide bonds. The molecule has 6 aromatic rings. The summed E-state index contributed by atoms with van der Waals surface area (Å²) in [7, 11) is 0. The lowest BCUT2D eigenvalue weighted by atomic mass is 9.83. The Labute approximate surface area is 250 Å². The lowest BCUT2D eigenvalue weighted by Gasteiger charge is -2.23. The molecule has 5 aromatic carbocycles. The van der Waals surface area contributed by atoms with Crippen LogP contribution in [0, 0.1) is 0 Å². The number of pyridine rings is 1. The van der Waals surface area contributed by atoms with Crippen molar-refractivity contribution >= 4 is 0 Å². The fourth-order valence-electron chi connectivity index (χ4n) is 5.30. The SMILES string of the molecule is FC(F)(F)c1ccc(-c2c(-c3ccccc3)nc(-c3ccccc3)c(-c3ccccc3)c2-c2ccc(C(F)(F)F)cc2)cc1. The minimum Gasteiger partial charge on any atom is -0.246 e. The first-order valence-corrected chi connectivity index (χ1v) is 13.7. The van der Waals surface area contributed by atoms with Crippen LogP contribution < -0.4 is 0 Å². The molecular formula is C37H23F6N. The van der Waals surface area contributed by atoms with Gasteiger partial charge in [-0.2, -0.15) is 26.3 Å². The molecule has 0 saturated carbocycles. The third kappa shape index (κ3) is 5.73. The van der Waals surface area contributed by atoms with Gasteiger partial charge in [0.15, 0.2) is 0 Å². The summed E-state index contributed by atoms with van der Waals surface area (Å²) in [6, 6.07) is 37.6. The van der Waals surface area contributed by atoms with Crippen molar-refractivity contribution in [1.29, 1.82) is 0 Å². The van der Waals surface area contributed by atoms with Crippen molar-refractivity contribution in [3.05, 3.63) is 151 Å². The molecule has 218 valence electrons. The van der Waals surface area contributed by atoms with Crippen molar-refractivity contribution in [3.63, 3.8) is 0 Å². The third-order valence-corrected chi connectivity index (χ3v) is 7.36. The van der Waals surface area contributed by atoms with Gasteiger partial charge in [0.1, 0.15) is 0 Å². The molecule has 0 unspecified atom stereocenters. The smallest absolute Gasteiger partial charge is 0.246 e. The van der Waals surface area contributed by atoms with Gasteiger partial charge in [0, 0.05) is 27.8 Å². The fraction of sp³-hybridized carbons (Fsp3) is 0.0541. The van der Waals surface area contributed by atoms with E-state index < -0.39 is 23.5 Å². The Hall–Kier alpha value is -5.17. The highest BCUT2D eigenvalue weighted by molar-refractivity contribution is 6.04. The summed E-state index contributed by atoms with van der Waals surface area (Å²) >= 11 is 0. The van der Waals surface area contributed by atoms with Crippen LogP contribution in [0.2, 0.25) is 0 Å². The van der Waals surface area contributed by atoms with Gasteiger partial charge in [-0.3, -0.25) is 0 Å². The zero-order valence-corrected chi connectivity index (χ0v) is 23.0. The summed E-state index contributed by atoms with van der Waals surface area (Å²) in [5.41, 5.74) is 4.28. The number of nitrogens with zero attached hydrogens (tertiary/aromatic N) is 1. The molecule has 1 aromatic heterocycles. The van der Waals surface area contributed by atoms with Crippen LogP contribution in [0.1, 0.15) is 11.1 Å². The molecule has 0 aliphatic carbocycles. The number of hydrogen-bond donors (Lipinski definition) is 0. The van der Waals surface area contributed by atoms with Crippen molar-refractivity contribution in [2.75, 3.05) is 0 Å². The van der Waals surface area contributed by atoms with E-state index in [1.165, 1.54) is 24.3 Å². The normalized spacial score (nSPS) is 11.9. The maximum absolute atomic E-state index is 13.6. The van der Waals surface area contributed by atoms with E-state index in [1.807, 2.05) is 91.0 Å². The average Bonchev–Trinajstić information content (AvgIpc) is 3.04. The van der Waals surface area contributed by atoms with Crippen molar-refractivity contribution in [2.24, 2.45) is 0 Å². The highest BCUT2D eigenvalue weighted by atomic mass is 19.4. The molecule has 0 bridgehead atoms. The van der Waals surface area contributed by atoms with E-state index in [1.54, 1.807) is 0 Å². The van der Waals surface area contributed by atoms with Crippen LogP contribution in [-0.4, -0.2) is 4.98 Å². The predicted molar refractivity (Wildman–Crippen MR) is 161 cm³/mol. The minimum atomic E-state index is -4.54. The monoisotopic (exact) mass is 595 g/mol. The first-order valence-electron chi connectivity index (χ1n) is 13.7. The Kier molecular flexibility index (Phi) is 7.55. The molecule has 0 N–H and O–H groups in total. The van der Waals surface area contributed by atoms with Gasteiger partial charge in [0.05, 0.1) is 22.5 Å². The van der Waals surface area contributed by atoms with Crippen molar-refractivity contribution in [2.45, 2.75) is 12.4 Å². The topological polar surface area (TPSA) is 12.9 Å². The van der Waals surface area contributed by atoms with Crippen LogP contribution in [-0.2, 0) is 12.4 Å². The molecule has 0 spiro atoms. The van der Waals surface area contributed by atoms with Gasteiger partial charge in [-0.15, -0.1) is 0 Å². The summed E-state index contributed by atoms with van der Waals surface area (Å²) in [6.07, 6.45) is -9.08. The van der Waals surface area contributed by atoms with Gasteiger partial charge >= 0.3 is 12.4 Å². The van der Waals surface area contributed by atoms with Gasteiger partial charge in [-0.05, 0) is 41.0 Å². The van der Waals surface area contributed by atoms with E-state index in [2.05, 4.69) is 0 Å². The largest absolute Gasteiger partial charge is 0.416 e. The summed E-state index contributed by atoms with van der Waals surface area (Å²) in [6.45, 7) is 0. The van der Waals surface area contributed by atoms with Crippen LogP contribution in [0.15, 0.2) is 140 Å². The van der Waals surface area contributed by atoms with E-state index in [0.29, 0.717) is 44.8 Å². The van der Waals surface area contributed by atoms with Crippen LogP contribution >= 0.6 is 0 Å². The second kappa shape index (κ2) is 11.5. The molecule has 6 rings (SSSR count). The number of rotatable bonds is 5. The zero-order chi connectivity index (χ0) is 30.9. The van der Waals surface area contributed by atoms with E-state index in [0.717, 1.165) is 35.4 Å². The molecule has 0 fully saturated rings. The maximum Gasteiger partial charge on any atom is 0.416 e. The molecular weight excluding hydrogens is 572 g/mol. The summed E-state index contributed by atoms with van der Waals surface area (Å²) in [5, 5.41) is 0. The number of aromatic nitrogens is 1. The molecule has 7 heteroatoms. The summed E-state index contributed by atoms with van der Waals surface area (Å²) < 4.78 is 81.5. The molecule has 0 radical (unpaired) electrons. The molecule has 0 aliphatic rings. The Morgan fingerprint density at radius 3 is 0.955 bits per heavy atom. The first kappa shape index (κ1) is 28.9. The predicted octanol–water partition coefficient (Wildman–Crippen LogP) is 11.5. The van der Waals surface area contributed by atoms with Gasteiger partial charge < -0.3 is 0 Å². The second-order valence-electron chi connectivity index (χ2n) is 10.2. The van der Waals surface area contributed by atoms with E-state index in [9.17, 15) is 26.3 Å².